The van der Waals surface area contributed by atoms with Crippen molar-refractivity contribution in [1.29, 1.82) is 0 Å². The van der Waals surface area contributed by atoms with Gasteiger partial charge in [-0.15, -0.1) is 0 Å². The first kappa shape index (κ1) is 25.7. The van der Waals surface area contributed by atoms with Crippen molar-refractivity contribution in [1.82, 2.24) is 0 Å². The van der Waals surface area contributed by atoms with Crippen LogP contribution in [0, 0.1) is 6.92 Å². The van der Waals surface area contributed by atoms with Gasteiger partial charge in [0.05, 0.1) is 0 Å². The van der Waals surface area contributed by atoms with Crippen molar-refractivity contribution in [3.63, 3.8) is 0 Å². The van der Waals surface area contributed by atoms with Crippen LogP contribution >= 0.6 is 0 Å². The Labute approximate surface area is 186 Å². The van der Waals surface area contributed by atoms with Crippen LogP contribution in [-0.2, 0) is 19.4 Å². The van der Waals surface area contributed by atoms with Crippen LogP contribution in [0.4, 0.5) is 0 Å². The maximum atomic E-state index is 2.49. The molecule has 0 spiro atoms. The number of nitrogens with zero attached hydrogens (tertiary/aromatic N) is 1. The van der Waals surface area contributed by atoms with Crippen LogP contribution in [0.1, 0.15) is 100 Å². The zero-order valence-corrected chi connectivity index (χ0v) is 19.8. The minimum atomic E-state index is 0. The second-order valence-corrected chi connectivity index (χ2v) is 8.32. The number of unbranched alkanes of at least 4 members (excludes halogenated alkanes) is 9. The monoisotopic (exact) mass is 415 g/mol. The lowest BCUT2D eigenvalue weighted by Gasteiger charge is -2.11. The molecule has 1 nitrogen and oxygen atoms in total. The van der Waals surface area contributed by atoms with Crippen LogP contribution in [0.5, 0.6) is 0 Å². The maximum Gasteiger partial charge on any atom is 0.185 e. The van der Waals surface area contributed by atoms with E-state index in [4.69, 9.17) is 0 Å². The summed E-state index contributed by atoms with van der Waals surface area (Å²) in [5.74, 6) is 0. The predicted octanol–water partition coefficient (Wildman–Crippen LogP) is 4.36. The molecule has 0 saturated heterocycles. The van der Waals surface area contributed by atoms with E-state index in [2.05, 4.69) is 67.9 Å². The highest BCUT2D eigenvalue weighted by atomic mass is 35.5. The Bertz CT molecular complexity index is 666. The Morgan fingerprint density at radius 1 is 0.724 bits per heavy atom. The van der Waals surface area contributed by atoms with Gasteiger partial charge in [-0.3, -0.25) is 0 Å². The SMILES string of the molecule is CCCCCCCCCCCCc1c(CC)c(C)cc[n+]1Cc1ccccc1.[Cl-]. The van der Waals surface area contributed by atoms with Crippen LogP contribution < -0.4 is 17.0 Å². The summed E-state index contributed by atoms with van der Waals surface area (Å²) in [5.41, 5.74) is 5.97. The fourth-order valence-corrected chi connectivity index (χ4v) is 4.28. The molecule has 0 amide bonds. The van der Waals surface area contributed by atoms with Crippen molar-refractivity contribution >= 4 is 0 Å². The summed E-state index contributed by atoms with van der Waals surface area (Å²) in [6.07, 6.45) is 18.7. The summed E-state index contributed by atoms with van der Waals surface area (Å²) in [4.78, 5) is 0. The molecule has 2 rings (SSSR count). The molecule has 162 valence electrons. The zero-order valence-electron chi connectivity index (χ0n) is 19.1. The smallest absolute Gasteiger partial charge is 0.185 e. The first-order chi connectivity index (χ1) is 13.8. The van der Waals surface area contributed by atoms with E-state index >= 15 is 0 Å². The van der Waals surface area contributed by atoms with E-state index in [-0.39, 0.29) is 12.4 Å². The van der Waals surface area contributed by atoms with E-state index in [9.17, 15) is 0 Å². The molecule has 0 aliphatic heterocycles. The van der Waals surface area contributed by atoms with E-state index in [1.165, 1.54) is 81.8 Å². The number of aromatic nitrogens is 1. The van der Waals surface area contributed by atoms with Gasteiger partial charge in [0.2, 0.25) is 0 Å². The molecule has 0 bridgehead atoms. The zero-order chi connectivity index (χ0) is 20.0. The van der Waals surface area contributed by atoms with E-state index < -0.39 is 0 Å². The van der Waals surface area contributed by atoms with Gasteiger partial charge >= 0.3 is 0 Å². The molecule has 0 saturated carbocycles. The second kappa shape index (κ2) is 15.5. The van der Waals surface area contributed by atoms with Gasteiger partial charge in [-0.05, 0) is 25.3 Å². The Balaban J connectivity index is 0.00000420. The molecular weight excluding hydrogens is 374 g/mol. The summed E-state index contributed by atoms with van der Waals surface area (Å²) >= 11 is 0. The van der Waals surface area contributed by atoms with Gasteiger partial charge in [0.1, 0.15) is 0 Å². The maximum absolute atomic E-state index is 2.49. The standard InChI is InChI=1S/C27H42N.ClH/c1-4-6-7-8-9-10-11-12-13-17-20-27-26(5-2)24(3)21-22-28(27)23-25-18-15-14-16-19-25;/h14-16,18-19,21-22H,4-13,17,20,23H2,1-3H3;1H/q+1;/p-1. The number of hydrogen-bond donors (Lipinski definition) is 0. The van der Waals surface area contributed by atoms with Gasteiger partial charge in [-0.2, -0.15) is 4.57 Å². The quantitative estimate of drug-likeness (QED) is 0.319. The largest absolute Gasteiger partial charge is 1.00 e. The number of aryl methyl sites for hydroxylation is 1. The Morgan fingerprint density at radius 2 is 1.31 bits per heavy atom. The van der Waals surface area contributed by atoms with Crippen molar-refractivity contribution in [3.8, 4) is 0 Å². The highest BCUT2D eigenvalue weighted by Gasteiger charge is 2.17. The van der Waals surface area contributed by atoms with Crippen LogP contribution in [0.25, 0.3) is 0 Å². The molecule has 0 N–H and O–H groups in total. The molecule has 0 atom stereocenters. The molecule has 1 heterocycles. The number of halogens is 1. The van der Waals surface area contributed by atoms with Crippen molar-refractivity contribution in [2.24, 2.45) is 0 Å². The predicted molar refractivity (Wildman–Crippen MR) is 122 cm³/mol. The molecule has 2 aromatic rings. The number of pyridine rings is 1. The van der Waals surface area contributed by atoms with E-state index in [0.717, 1.165) is 13.0 Å². The van der Waals surface area contributed by atoms with Gasteiger partial charge < -0.3 is 12.4 Å². The molecule has 2 heteroatoms. The molecule has 1 aromatic carbocycles. The van der Waals surface area contributed by atoms with Gasteiger partial charge in [0.15, 0.2) is 18.4 Å². The Kier molecular flexibility index (Phi) is 13.7. The molecule has 29 heavy (non-hydrogen) atoms. The number of benzene rings is 1. The Hall–Kier alpha value is -1.34. The fraction of sp³-hybridized carbons (Fsp3) is 0.593. The molecule has 0 unspecified atom stereocenters. The highest BCUT2D eigenvalue weighted by Crippen LogP contribution is 2.16. The summed E-state index contributed by atoms with van der Waals surface area (Å²) in [6, 6.07) is 13.2. The second-order valence-electron chi connectivity index (χ2n) is 8.32. The fourth-order valence-electron chi connectivity index (χ4n) is 4.28. The van der Waals surface area contributed by atoms with Gasteiger partial charge in [-0.25, -0.2) is 0 Å². The lowest BCUT2D eigenvalue weighted by Crippen LogP contribution is -3.00. The first-order valence-corrected chi connectivity index (χ1v) is 11.8. The van der Waals surface area contributed by atoms with Crippen molar-refractivity contribution in [2.45, 2.75) is 104 Å². The van der Waals surface area contributed by atoms with Gasteiger partial charge in [-0.1, -0.05) is 102 Å². The summed E-state index contributed by atoms with van der Waals surface area (Å²) in [6.45, 7) is 7.86. The molecule has 0 radical (unpaired) electrons. The minimum Gasteiger partial charge on any atom is -1.00 e. The van der Waals surface area contributed by atoms with E-state index in [1.54, 1.807) is 11.3 Å². The molecule has 0 aliphatic rings. The average Bonchev–Trinajstić information content (AvgIpc) is 2.72. The van der Waals surface area contributed by atoms with E-state index in [1.807, 2.05) is 0 Å². The third kappa shape index (κ3) is 9.34. The number of hydrogen-bond acceptors (Lipinski definition) is 0. The first-order valence-electron chi connectivity index (χ1n) is 11.8. The minimum absolute atomic E-state index is 0. The van der Waals surface area contributed by atoms with Crippen LogP contribution in [0.15, 0.2) is 42.6 Å². The van der Waals surface area contributed by atoms with Crippen LogP contribution in [0.2, 0.25) is 0 Å². The van der Waals surface area contributed by atoms with Crippen molar-refractivity contribution in [3.05, 3.63) is 65.0 Å². The molecule has 0 aliphatic carbocycles. The number of rotatable bonds is 14. The van der Waals surface area contributed by atoms with Gasteiger partial charge in [0.25, 0.3) is 0 Å². The van der Waals surface area contributed by atoms with Crippen LogP contribution in [-0.4, -0.2) is 0 Å². The average molecular weight is 416 g/mol. The topological polar surface area (TPSA) is 3.88 Å². The molecule has 1 aromatic heterocycles. The van der Waals surface area contributed by atoms with Gasteiger partial charge in [0, 0.05) is 23.6 Å². The lowest BCUT2D eigenvalue weighted by molar-refractivity contribution is -0.696. The highest BCUT2D eigenvalue weighted by molar-refractivity contribution is 5.26. The normalized spacial score (nSPS) is 10.7. The van der Waals surface area contributed by atoms with Crippen LogP contribution in [0.3, 0.4) is 0 Å². The van der Waals surface area contributed by atoms with Crippen molar-refractivity contribution < 1.29 is 17.0 Å². The summed E-state index contributed by atoms with van der Waals surface area (Å²) < 4.78 is 2.49. The summed E-state index contributed by atoms with van der Waals surface area (Å²) in [5, 5.41) is 0. The molecular formula is C27H42ClN. The molecule has 0 fully saturated rings. The van der Waals surface area contributed by atoms with Crippen molar-refractivity contribution in [2.75, 3.05) is 0 Å². The lowest BCUT2D eigenvalue weighted by atomic mass is 9.99. The third-order valence-electron chi connectivity index (χ3n) is 5.99. The van der Waals surface area contributed by atoms with E-state index in [0.29, 0.717) is 0 Å². The summed E-state index contributed by atoms with van der Waals surface area (Å²) in [7, 11) is 0. The third-order valence-corrected chi connectivity index (χ3v) is 5.99. The Morgan fingerprint density at radius 3 is 1.90 bits per heavy atom.